The van der Waals surface area contributed by atoms with Gasteiger partial charge in [-0.15, -0.1) is 11.3 Å². The van der Waals surface area contributed by atoms with E-state index >= 15 is 0 Å². The number of carbonyl (C=O) groups is 1. The number of carbonyl (C=O) groups excluding carboxylic acids is 1. The van der Waals surface area contributed by atoms with Gasteiger partial charge in [-0.2, -0.15) is 5.10 Å². The number of hydrogen-bond acceptors (Lipinski definition) is 5. The van der Waals surface area contributed by atoms with Crippen molar-refractivity contribution < 1.29 is 14.3 Å². The van der Waals surface area contributed by atoms with Crippen LogP contribution in [0.4, 0.5) is 5.69 Å². The van der Waals surface area contributed by atoms with Gasteiger partial charge in [-0.3, -0.25) is 4.79 Å². The van der Waals surface area contributed by atoms with Crippen LogP contribution in [0.2, 0.25) is 0 Å². The second-order valence-corrected chi connectivity index (χ2v) is 7.44. The average Bonchev–Trinajstić information content (AvgIpc) is 3.31. The van der Waals surface area contributed by atoms with E-state index in [0.717, 1.165) is 21.6 Å². The molecule has 0 aliphatic heterocycles. The second kappa shape index (κ2) is 7.97. The first-order valence-electron chi connectivity index (χ1n) is 9.27. The van der Waals surface area contributed by atoms with Crippen LogP contribution in [0.25, 0.3) is 15.9 Å². The largest absolute Gasteiger partial charge is 0.497 e. The summed E-state index contributed by atoms with van der Waals surface area (Å²) in [5.74, 6) is 1.06. The maximum atomic E-state index is 13.0. The number of thiophene rings is 1. The first-order chi connectivity index (χ1) is 14.1. The average molecular weight is 407 g/mol. The Morgan fingerprint density at radius 3 is 2.69 bits per heavy atom. The van der Waals surface area contributed by atoms with Crippen molar-refractivity contribution in [2.45, 2.75) is 13.8 Å². The van der Waals surface area contributed by atoms with Gasteiger partial charge in [0.15, 0.2) is 0 Å². The molecular weight excluding hydrogens is 386 g/mol. The van der Waals surface area contributed by atoms with Crippen molar-refractivity contribution in [2.75, 3.05) is 19.0 Å². The smallest absolute Gasteiger partial charge is 0.265 e. The molecule has 0 saturated carbocycles. The first-order valence-corrected chi connectivity index (χ1v) is 10.1. The molecule has 29 heavy (non-hydrogen) atoms. The maximum Gasteiger partial charge on any atom is 0.265 e. The van der Waals surface area contributed by atoms with Crippen molar-refractivity contribution in [3.8, 4) is 17.2 Å². The Morgan fingerprint density at radius 2 is 1.97 bits per heavy atom. The van der Waals surface area contributed by atoms with E-state index in [-0.39, 0.29) is 5.91 Å². The molecule has 0 atom stereocenters. The van der Waals surface area contributed by atoms with Gasteiger partial charge in [-0.25, -0.2) is 4.68 Å². The number of aryl methyl sites for hydroxylation is 1. The zero-order valence-electron chi connectivity index (χ0n) is 16.4. The first kappa shape index (κ1) is 19.0. The number of aromatic nitrogens is 2. The summed E-state index contributed by atoms with van der Waals surface area (Å²) >= 11 is 1.41. The molecule has 4 aromatic rings. The Labute approximate surface area is 172 Å². The maximum absolute atomic E-state index is 13.0. The van der Waals surface area contributed by atoms with Gasteiger partial charge < -0.3 is 14.8 Å². The minimum atomic E-state index is -0.195. The fraction of sp³-hybridized carbons (Fsp3) is 0.182. The third-order valence-electron chi connectivity index (χ3n) is 4.50. The Bertz CT molecular complexity index is 1160. The van der Waals surface area contributed by atoms with E-state index in [1.54, 1.807) is 25.3 Å². The molecule has 0 bridgehead atoms. The van der Waals surface area contributed by atoms with Gasteiger partial charge in [0, 0.05) is 11.5 Å². The molecule has 7 heteroatoms. The molecule has 0 aliphatic carbocycles. The van der Waals surface area contributed by atoms with Crippen molar-refractivity contribution in [2.24, 2.45) is 0 Å². The van der Waals surface area contributed by atoms with Crippen LogP contribution >= 0.6 is 11.3 Å². The van der Waals surface area contributed by atoms with E-state index in [9.17, 15) is 4.79 Å². The summed E-state index contributed by atoms with van der Waals surface area (Å²) < 4.78 is 12.8. The van der Waals surface area contributed by atoms with Gasteiger partial charge in [0.05, 0.1) is 35.7 Å². The quantitative estimate of drug-likeness (QED) is 0.485. The molecule has 0 spiro atoms. The van der Waals surface area contributed by atoms with Crippen LogP contribution in [0.1, 0.15) is 22.3 Å². The highest BCUT2D eigenvalue weighted by Gasteiger charge is 2.18. The van der Waals surface area contributed by atoms with Crippen LogP contribution in [0.3, 0.4) is 0 Å². The van der Waals surface area contributed by atoms with Gasteiger partial charge in [0.1, 0.15) is 16.3 Å². The lowest BCUT2D eigenvalue weighted by Gasteiger charge is -2.12. The number of fused-ring (bicyclic) bond motifs is 1. The lowest BCUT2D eigenvalue weighted by atomic mass is 10.2. The van der Waals surface area contributed by atoms with E-state index in [0.29, 0.717) is 28.7 Å². The van der Waals surface area contributed by atoms with E-state index in [1.807, 2.05) is 54.9 Å². The Morgan fingerprint density at radius 1 is 1.17 bits per heavy atom. The number of anilines is 1. The number of benzene rings is 2. The van der Waals surface area contributed by atoms with E-state index in [2.05, 4.69) is 10.4 Å². The summed E-state index contributed by atoms with van der Waals surface area (Å²) in [7, 11) is 1.59. The Kier molecular flexibility index (Phi) is 5.22. The number of nitrogens with one attached hydrogen (secondary N) is 1. The molecule has 0 radical (unpaired) electrons. The number of methoxy groups -OCH3 is 1. The molecule has 2 aromatic carbocycles. The zero-order valence-corrected chi connectivity index (χ0v) is 17.2. The lowest BCUT2D eigenvalue weighted by molar-refractivity contribution is 0.103. The third kappa shape index (κ3) is 3.69. The van der Waals surface area contributed by atoms with Crippen LogP contribution in [0.5, 0.6) is 11.5 Å². The van der Waals surface area contributed by atoms with E-state index in [4.69, 9.17) is 9.47 Å². The SMILES string of the molecule is CCOc1ccc(OC)cc1NC(=O)c1cc2c(C)nn(-c3ccccc3)c2s1. The minimum Gasteiger partial charge on any atom is -0.497 e. The number of ether oxygens (including phenoxy) is 2. The Balaban J connectivity index is 1.68. The normalized spacial score (nSPS) is 10.9. The van der Waals surface area contributed by atoms with Gasteiger partial charge in [-0.05, 0) is 44.2 Å². The van der Waals surface area contributed by atoms with Crippen molar-refractivity contribution in [1.29, 1.82) is 0 Å². The molecule has 0 unspecified atom stereocenters. The Hall–Kier alpha value is -3.32. The molecule has 148 valence electrons. The molecule has 1 amide bonds. The number of amides is 1. The van der Waals surface area contributed by atoms with Crippen LogP contribution in [-0.4, -0.2) is 29.4 Å². The molecule has 4 rings (SSSR count). The van der Waals surface area contributed by atoms with Crippen LogP contribution in [0.15, 0.2) is 54.6 Å². The monoisotopic (exact) mass is 407 g/mol. The number of hydrogen-bond donors (Lipinski definition) is 1. The fourth-order valence-electron chi connectivity index (χ4n) is 3.10. The number of rotatable bonds is 6. The van der Waals surface area contributed by atoms with Gasteiger partial charge in [0.25, 0.3) is 5.91 Å². The summed E-state index contributed by atoms with van der Waals surface area (Å²) in [5, 5.41) is 8.55. The second-order valence-electron chi connectivity index (χ2n) is 6.41. The van der Waals surface area contributed by atoms with Gasteiger partial charge >= 0.3 is 0 Å². The van der Waals surface area contributed by atoms with Crippen molar-refractivity contribution in [3.05, 3.63) is 65.2 Å². The summed E-state index contributed by atoms with van der Waals surface area (Å²) in [6.07, 6.45) is 0. The van der Waals surface area contributed by atoms with E-state index < -0.39 is 0 Å². The molecule has 0 aliphatic rings. The highest BCUT2D eigenvalue weighted by molar-refractivity contribution is 7.20. The van der Waals surface area contributed by atoms with Crippen molar-refractivity contribution >= 4 is 33.1 Å². The van der Waals surface area contributed by atoms with Crippen molar-refractivity contribution in [3.63, 3.8) is 0 Å². The summed E-state index contributed by atoms with van der Waals surface area (Å²) in [6, 6.07) is 17.1. The van der Waals surface area contributed by atoms with E-state index in [1.165, 1.54) is 11.3 Å². The third-order valence-corrected chi connectivity index (χ3v) is 5.61. The predicted molar refractivity (Wildman–Crippen MR) is 116 cm³/mol. The van der Waals surface area contributed by atoms with Crippen LogP contribution < -0.4 is 14.8 Å². The molecule has 0 fully saturated rings. The molecule has 6 nitrogen and oxygen atoms in total. The number of nitrogens with zero attached hydrogens (tertiary/aromatic N) is 2. The standard InChI is InChI=1S/C22H21N3O3S/c1-4-28-19-11-10-16(27-3)12-18(19)23-21(26)20-13-17-14(2)24-25(22(17)29-20)15-8-6-5-7-9-15/h5-13H,4H2,1-3H3,(H,23,26). The van der Waals surface area contributed by atoms with Crippen molar-refractivity contribution in [1.82, 2.24) is 9.78 Å². The predicted octanol–water partition coefficient (Wildman–Crippen LogP) is 5.06. The highest BCUT2D eigenvalue weighted by Crippen LogP contribution is 2.33. The molecule has 2 aromatic heterocycles. The van der Waals surface area contributed by atoms with Crippen LogP contribution in [-0.2, 0) is 0 Å². The summed E-state index contributed by atoms with van der Waals surface area (Å²) in [4.78, 5) is 14.5. The number of para-hydroxylation sites is 1. The molecular formula is C22H21N3O3S. The minimum absolute atomic E-state index is 0.195. The summed E-state index contributed by atoms with van der Waals surface area (Å²) in [6.45, 7) is 4.36. The molecule has 0 saturated heterocycles. The zero-order chi connectivity index (χ0) is 20.4. The molecule has 2 heterocycles. The topological polar surface area (TPSA) is 65.4 Å². The van der Waals surface area contributed by atoms with Gasteiger partial charge in [0.2, 0.25) is 0 Å². The van der Waals surface area contributed by atoms with Gasteiger partial charge in [-0.1, -0.05) is 18.2 Å². The highest BCUT2D eigenvalue weighted by atomic mass is 32.1. The summed E-state index contributed by atoms with van der Waals surface area (Å²) in [5.41, 5.74) is 2.43. The lowest BCUT2D eigenvalue weighted by Crippen LogP contribution is -2.11. The van der Waals surface area contributed by atoms with Crippen LogP contribution in [0, 0.1) is 6.92 Å². The fourth-order valence-corrected chi connectivity index (χ4v) is 4.18. The molecule has 1 N–H and O–H groups in total.